The van der Waals surface area contributed by atoms with Crippen molar-refractivity contribution in [1.29, 1.82) is 0 Å². The second-order valence-corrected chi connectivity index (χ2v) is 18.7. The number of carbonyl (C=O) groups is 3. The molecule has 0 aliphatic rings. The summed E-state index contributed by atoms with van der Waals surface area (Å²) in [5, 5.41) is 11.7. The lowest BCUT2D eigenvalue weighted by Crippen LogP contribution is -2.55. The van der Waals surface area contributed by atoms with Crippen molar-refractivity contribution in [2.75, 3.05) is 41.0 Å². The van der Waals surface area contributed by atoms with Gasteiger partial charge < -0.3 is 28.6 Å². The van der Waals surface area contributed by atoms with E-state index in [-0.39, 0.29) is 42.7 Å². The number of hydrogen-bond donors (Lipinski definition) is 0. The Labute approximate surface area is 394 Å². The summed E-state index contributed by atoms with van der Waals surface area (Å²) in [6.07, 6.45) is 58.2. The van der Waals surface area contributed by atoms with Gasteiger partial charge in [-0.3, -0.25) is 9.59 Å². The largest absolute Gasteiger partial charge is 0.544 e. The molecule has 0 bridgehead atoms. The van der Waals surface area contributed by atoms with Gasteiger partial charge in [0.1, 0.15) is 12.6 Å². The molecule has 0 aliphatic heterocycles. The second-order valence-electron chi connectivity index (χ2n) is 18.7. The van der Waals surface area contributed by atoms with Crippen LogP contribution in [0.3, 0.4) is 0 Å². The van der Waals surface area contributed by atoms with Crippen LogP contribution in [0.25, 0.3) is 0 Å². The predicted octanol–water partition coefficient (Wildman–Crippen LogP) is 14.0. The fraction of sp³-hybridized carbons (Fsp3) is 0.768. The van der Waals surface area contributed by atoms with E-state index in [1.807, 2.05) is 0 Å². The molecule has 0 amide bonds. The Hall–Kier alpha value is -2.97. The number of carboxylic acid groups (broad SMARTS) is 1. The predicted molar refractivity (Wildman–Crippen MR) is 268 cm³/mol. The molecule has 8 nitrogen and oxygen atoms in total. The first-order valence-electron chi connectivity index (χ1n) is 26.3. The third-order valence-electron chi connectivity index (χ3n) is 11.6. The summed E-state index contributed by atoms with van der Waals surface area (Å²) in [6, 6.07) is -0.730. The van der Waals surface area contributed by atoms with Crippen LogP contribution < -0.4 is 5.11 Å². The molecule has 0 aromatic carbocycles. The van der Waals surface area contributed by atoms with Crippen LogP contribution in [0.15, 0.2) is 60.8 Å². The molecule has 2 unspecified atom stereocenters. The van der Waals surface area contributed by atoms with Crippen LogP contribution in [-0.4, -0.2) is 75.5 Å². The van der Waals surface area contributed by atoms with Crippen molar-refractivity contribution in [2.45, 2.75) is 238 Å². The minimum atomic E-state index is -1.13. The fourth-order valence-electron chi connectivity index (χ4n) is 7.59. The van der Waals surface area contributed by atoms with Crippen LogP contribution in [0.1, 0.15) is 226 Å². The number of allylic oxidation sites excluding steroid dienone is 10. The minimum Gasteiger partial charge on any atom is -0.544 e. The van der Waals surface area contributed by atoms with Crippen molar-refractivity contribution in [2.24, 2.45) is 0 Å². The van der Waals surface area contributed by atoms with Gasteiger partial charge in [0.05, 0.1) is 40.3 Å². The van der Waals surface area contributed by atoms with Gasteiger partial charge in [-0.25, -0.2) is 0 Å². The lowest BCUT2D eigenvalue weighted by molar-refractivity contribution is -0.889. The number of aliphatic carboxylic acids is 1. The Kier molecular flexibility index (Phi) is 44.4. The number of rotatable bonds is 47. The topological polar surface area (TPSA) is 102 Å². The quantitative estimate of drug-likeness (QED) is 0.0259. The van der Waals surface area contributed by atoms with E-state index in [2.05, 4.69) is 74.6 Å². The SMILES string of the molecule is CC/C=C/C/C=C/C/C=C/C/C=C/CCCCCCCCCCCC(=O)OCC(COCCC(C(=O)[O-])[N+](C)(C)C)OC(=O)CCCCCCC/C=C/CCCCCCCCCCC. The van der Waals surface area contributed by atoms with E-state index in [0.717, 1.165) is 83.5 Å². The van der Waals surface area contributed by atoms with E-state index in [1.165, 1.54) is 109 Å². The van der Waals surface area contributed by atoms with Gasteiger partial charge in [0.25, 0.3) is 0 Å². The average molecular weight is 898 g/mol. The summed E-state index contributed by atoms with van der Waals surface area (Å²) >= 11 is 0. The molecule has 2 atom stereocenters. The normalized spacial score (nSPS) is 13.3. The highest BCUT2D eigenvalue weighted by Gasteiger charge is 2.25. The molecule has 0 heterocycles. The van der Waals surface area contributed by atoms with Crippen molar-refractivity contribution in [3.63, 3.8) is 0 Å². The maximum Gasteiger partial charge on any atom is 0.306 e. The number of quaternary nitrogens is 1. The molecule has 64 heavy (non-hydrogen) atoms. The van der Waals surface area contributed by atoms with Crippen LogP contribution in [-0.2, 0) is 28.6 Å². The zero-order chi connectivity index (χ0) is 47.0. The van der Waals surface area contributed by atoms with E-state index < -0.39 is 18.1 Å². The van der Waals surface area contributed by atoms with Gasteiger partial charge in [0.2, 0.25) is 0 Å². The first-order valence-corrected chi connectivity index (χ1v) is 26.3. The lowest BCUT2D eigenvalue weighted by atomic mass is 10.1. The smallest absolute Gasteiger partial charge is 0.306 e. The van der Waals surface area contributed by atoms with Crippen molar-refractivity contribution < 1.29 is 38.2 Å². The van der Waals surface area contributed by atoms with Crippen LogP contribution in [0.5, 0.6) is 0 Å². The zero-order valence-electron chi connectivity index (χ0n) is 42.2. The highest BCUT2D eigenvalue weighted by atomic mass is 16.6. The molecular weight excluding hydrogens is 799 g/mol. The molecule has 0 aliphatic carbocycles. The summed E-state index contributed by atoms with van der Waals surface area (Å²) in [6.45, 7) is 4.56. The maximum atomic E-state index is 12.8. The van der Waals surface area contributed by atoms with Crippen LogP contribution in [0.2, 0.25) is 0 Å². The minimum absolute atomic E-state index is 0.0347. The second kappa shape index (κ2) is 46.6. The molecule has 0 radical (unpaired) electrons. The van der Waals surface area contributed by atoms with Gasteiger partial charge in [-0.2, -0.15) is 0 Å². The van der Waals surface area contributed by atoms with Crippen molar-refractivity contribution in [3.8, 4) is 0 Å². The molecule has 0 spiro atoms. The first-order chi connectivity index (χ1) is 31.1. The van der Waals surface area contributed by atoms with Gasteiger partial charge in [0.15, 0.2) is 6.10 Å². The molecular formula is C56H99NO7. The number of unbranched alkanes of at least 4 members (excludes halogenated alkanes) is 23. The van der Waals surface area contributed by atoms with Crippen molar-refractivity contribution in [1.82, 2.24) is 0 Å². The molecule has 0 fully saturated rings. The van der Waals surface area contributed by atoms with Gasteiger partial charge in [0, 0.05) is 19.3 Å². The number of carbonyl (C=O) groups excluding carboxylic acids is 3. The number of carboxylic acids is 1. The van der Waals surface area contributed by atoms with Gasteiger partial charge in [-0.15, -0.1) is 0 Å². The number of esters is 2. The molecule has 0 aromatic heterocycles. The van der Waals surface area contributed by atoms with Crippen LogP contribution in [0, 0.1) is 0 Å². The Morgan fingerprint density at radius 2 is 0.875 bits per heavy atom. The van der Waals surface area contributed by atoms with Gasteiger partial charge in [-0.1, -0.05) is 190 Å². The van der Waals surface area contributed by atoms with E-state index in [0.29, 0.717) is 12.8 Å². The molecule has 0 N–H and O–H groups in total. The van der Waals surface area contributed by atoms with Crippen LogP contribution >= 0.6 is 0 Å². The zero-order valence-corrected chi connectivity index (χ0v) is 42.2. The third kappa shape index (κ3) is 44.2. The number of ether oxygens (including phenoxy) is 3. The molecule has 0 saturated carbocycles. The number of nitrogens with zero attached hydrogens (tertiary/aromatic N) is 1. The average Bonchev–Trinajstić information content (AvgIpc) is 3.26. The Morgan fingerprint density at radius 1 is 0.484 bits per heavy atom. The highest BCUT2D eigenvalue weighted by Crippen LogP contribution is 2.15. The lowest BCUT2D eigenvalue weighted by Gasteiger charge is -2.34. The highest BCUT2D eigenvalue weighted by molar-refractivity contribution is 5.70. The number of likely N-dealkylation sites (N-methyl/N-ethyl adjacent to an activating group) is 1. The fourth-order valence-corrected chi connectivity index (χ4v) is 7.59. The Balaban J connectivity index is 4.24. The van der Waals surface area contributed by atoms with Crippen LogP contribution in [0.4, 0.5) is 0 Å². The van der Waals surface area contributed by atoms with Crippen molar-refractivity contribution in [3.05, 3.63) is 60.8 Å². The number of hydrogen-bond acceptors (Lipinski definition) is 7. The monoisotopic (exact) mass is 898 g/mol. The molecule has 370 valence electrons. The van der Waals surface area contributed by atoms with E-state index in [9.17, 15) is 19.5 Å². The summed E-state index contributed by atoms with van der Waals surface area (Å²) < 4.78 is 17.2. The Bertz CT molecular complexity index is 1230. The van der Waals surface area contributed by atoms with Crippen molar-refractivity contribution >= 4 is 17.9 Å². The van der Waals surface area contributed by atoms with Gasteiger partial charge in [-0.05, 0) is 77.0 Å². The summed E-state index contributed by atoms with van der Waals surface area (Å²) in [4.78, 5) is 37.1. The third-order valence-corrected chi connectivity index (χ3v) is 11.6. The summed E-state index contributed by atoms with van der Waals surface area (Å²) in [5.41, 5.74) is 0. The summed E-state index contributed by atoms with van der Waals surface area (Å²) in [5.74, 6) is -1.75. The first kappa shape index (κ1) is 61.0. The van der Waals surface area contributed by atoms with E-state index >= 15 is 0 Å². The van der Waals surface area contributed by atoms with E-state index in [1.54, 1.807) is 21.1 Å². The maximum absolute atomic E-state index is 12.8. The Morgan fingerprint density at radius 3 is 1.31 bits per heavy atom. The molecule has 0 saturated heterocycles. The molecule has 0 rings (SSSR count). The molecule has 0 aromatic rings. The summed E-state index contributed by atoms with van der Waals surface area (Å²) in [7, 11) is 5.41. The van der Waals surface area contributed by atoms with E-state index in [4.69, 9.17) is 14.2 Å². The molecule has 8 heteroatoms. The standard InChI is InChI=1S/C56H99NO7/c1-6-8-10-12-14-16-18-20-22-24-26-27-28-29-31-32-34-36-38-40-42-44-46-54(58)63-51-52(50-62-49-48-53(56(60)61)57(3,4)5)64-55(59)47-45-43-41-39-37-35-33-30-25-23-21-19-17-15-13-11-9-7-2/h8,10,14,16,20,22,26-27,30,33,52-53H,6-7,9,11-13,15,17-19,21,23-25,28-29,31-32,34-51H2,1-5H3/b10-8+,16-14+,22-20+,27-26+,33-30+. The van der Waals surface area contributed by atoms with Gasteiger partial charge >= 0.3 is 11.9 Å².